The minimum atomic E-state index is -0.158. The zero-order valence-corrected chi connectivity index (χ0v) is 13.4. The van der Waals surface area contributed by atoms with Gasteiger partial charge >= 0.3 is 0 Å². The first-order chi connectivity index (χ1) is 10.3. The summed E-state index contributed by atoms with van der Waals surface area (Å²) in [4.78, 5) is 30.5. The van der Waals surface area contributed by atoms with Gasteiger partial charge in [0, 0.05) is 12.1 Å². The van der Waals surface area contributed by atoms with Crippen LogP contribution in [0.5, 0.6) is 0 Å². The Morgan fingerprint density at radius 1 is 1.27 bits per heavy atom. The van der Waals surface area contributed by atoms with E-state index < -0.39 is 0 Å². The smallest absolute Gasteiger partial charge is 0.233 e. The number of likely N-dealkylation sites (tertiary alicyclic amines) is 1. The highest BCUT2D eigenvalue weighted by atomic mass is 16.2. The maximum atomic E-state index is 12.5. The molecule has 3 aliphatic rings. The maximum absolute atomic E-state index is 12.5. The van der Waals surface area contributed by atoms with Crippen molar-refractivity contribution in [3.05, 3.63) is 12.2 Å². The van der Waals surface area contributed by atoms with Gasteiger partial charge in [-0.2, -0.15) is 0 Å². The van der Waals surface area contributed by atoms with Crippen molar-refractivity contribution in [1.29, 1.82) is 0 Å². The first-order valence-corrected chi connectivity index (χ1v) is 7.89. The van der Waals surface area contributed by atoms with Gasteiger partial charge in [0.15, 0.2) is 5.96 Å². The summed E-state index contributed by atoms with van der Waals surface area (Å²) in [5.41, 5.74) is 5.64. The van der Waals surface area contributed by atoms with Gasteiger partial charge in [-0.15, -0.1) is 0 Å². The van der Waals surface area contributed by atoms with Crippen molar-refractivity contribution < 1.29 is 9.59 Å². The molecular formula is C16H24N4O2. The maximum Gasteiger partial charge on any atom is 0.233 e. The lowest BCUT2D eigenvalue weighted by Crippen LogP contribution is -2.45. The normalized spacial score (nSPS) is 33.8. The molecule has 6 heteroatoms. The Morgan fingerprint density at radius 2 is 1.82 bits per heavy atom. The largest absolute Gasteiger partial charge is 0.370 e. The monoisotopic (exact) mass is 304 g/mol. The van der Waals surface area contributed by atoms with Crippen LogP contribution in [-0.4, -0.2) is 41.3 Å². The Balaban J connectivity index is 1.60. The van der Waals surface area contributed by atoms with Gasteiger partial charge < -0.3 is 11.1 Å². The highest BCUT2D eigenvalue weighted by Gasteiger charge is 2.58. The van der Waals surface area contributed by atoms with Crippen LogP contribution in [-0.2, 0) is 9.59 Å². The van der Waals surface area contributed by atoms with Crippen molar-refractivity contribution in [2.24, 2.45) is 34.4 Å². The highest BCUT2D eigenvalue weighted by Crippen LogP contribution is 2.52. The van der Waals surface area contributed by atoms with Gasteiger partial charge in [-0.05, 0) is 39.0 Å². The van der Waals surface area contributed by atoms with E-state index in [4.69, 9.17) is 5.73 Å². The molecule has 0 spiro atoms. The molecule has 4 unspecified atom stereocenters. The number of fused-ring (bicyclic) bond motifs is 5. The predicted molar refractivity (Wildman–Crippen MR) is 83.8 cm³/mol. The van der Waals surface area contributed by atoms with Crippen molar-refractivity contribution in [3.63, 3.8) is 0 Å². The number of allylic oxidation sites excluding steroid dienone is 2. The van der Waals surface area contributed by atoms with Crippen LogP contribution >= 0.6 is 0 Å². The number of aliphatic imine (C=N–C) groups is 1. The molecule has 1 saturated heterocycles. The summed E-state index contributed by atoms with van der Waals surface area (Å²) in [6, 6.07) is 0. The van der Waals surface area contributed by atoms with Crippen LogP contribution in [0, 0.1) is 23.7 Å². The number of imide groups is 1. The quantitative estimate of drug-likeness (QED) is 0.344. The van der Waals surface area contributed by atoms with E-state index in [0.717, 1.165) is 6.42 Å². The first kappa shape index (κ1) is 15.1. The molecule has 2 amide bonds. The predicted octanol–water partition coefficient (Wildman–Crippen LogP) is 0.496. The van der Waals surface area contributed by atoms with Crippen molar-refractivity contribution >= 4 is 17.8 Å². The average Bonchev–Trinajstić information content (AvgIpc) is 3.05. The van der Waals surface area contributed by atoms with E-state index in [1.54, 1.807) is 0 Å². The molecule has 0 aromatic carbocycles. The molecule has 4 atom stereocenters. The van der Waals surface area contributed by atoms with Gasteiger partial charge in [0.25, 0.3) is 0 Å². The van der Waals surface area contributed by atoms with Crippen LogP contribution in [0.25, 0.3) is 0 Å². The highest BCUT2D eigenvalue weighted by molar-refractivity contribution is 6.06. The average molecular weight is 304 g/mol. The third-order valence-corrected chi connectivity index (χ3v) is 4.67. The second-order valence-electron chi connectivity index (χ2n) is 7.47. The molecule has 0 radical (unpaired) electrons. The summed E-state index contributed by atoms with van der Waals surface area (Å²) in [7, 11) is 0. The Kier molecular flexibility index (Phi) is 3.50. The number of carbonyl (C=O) groups excluding carboxylic acids is 2. The Hall–Kier alpha value is -1.85. The van der Waals surface area contributed by atoms with Crippen molar-refractivity contribution in [2.45, 2.75) is 32.7 Å². The summed E-state index contributed by atoms with van der Waals surface area (Å²) in [5, 5.41) is 3.06. The minimum Gasteiger partial charge on any atom is -0.370 e. The van der Waals surface area contributed by atoms with Crippen LogP contribution in [0.3, 0.4) is 0 Å². The van der Waals surface area contributed by atoms with E-state index in [0.29, 0.717) is 19.0 Å². The van der Waals surface area contributed by atoms with Gasteiger partial charge in [-0.1, -0.05) is 12.2 Å². The molecule has 6 nitrogen and oxygen atoms in total. The van der Waals surface area contributed by atoms with Crippen molar-refractivity contribution in [2.75, 3.05) is 13.1 Å². The Morgan fingerprint density at radius 3 is 2.32 bits per heavy atom. The summed E-state index contributed by atoms with van der Waals surface area (Å²) >= 11 is 0. The summed E-state index contributed by atoms with van der Waals surface area (Å²) < 4.78 is 0. The van der Waals surface area contributed by atoms with Crippen molar-refractivity contribution in [1.82, 2.24) is 10.2 Å². The standard InChI is InChI=1S/C16H24N4O2/c1-16(2,3)19-15(17)18-6-7-20-13(21)11-9-4-5-10(8-9)12(11)14(20)22/h4-5,9-12H,6-8H2,1-3H3,(H3,17,18,19). The van der Waals surface area contributed by atoms with E-state index in [-0.39, 0.29) is 41.0 Å². The molecule has 1 heterocycles. The molecule has 120 valence electrons. The number of rotatable bonds is 3. The van der Waals surface area contributed by atoms with E-state index in [1.165, 1.54) is 4.90 Å². The van der Waals surface area contributed by atoms with Gasteiger partial charge in [0.2, 0.25) is 11.8 Å². The molecule has 2 aliphatic carbocycles. The molecule has 1 aliphatic heterocycles. The number of carbonyl (C=O) groups is 2. The number of amides is 2. The SMILES string of the molecule is CC(C)(C)NC(N)=NCCN1C(=O)C2C3C=CC(C3)C2C1=O. The molecule has 3 rings (SSSR count). The molecule has 2 bridgehead atoms. The fourth-order valence-electron chi connectivity index (χ4n) is 3.88. The van der Waals surface area contributed by atoms with E-state index in [9.17, 15) is 9.59 Å². The van der Waals surface area contributed by atoms with Gasteiger partial charge in [-0.25, -0.2) is 0 Å². The third kappa shape index (κ3) is 2.51. The molecule has 1 saturated carbocycles. The number of nitrogens with zero attached hydrogens (tertiary/aromatic N) is 2. The lowest BCUT2D eigenvalue weighted by molar-refractivity contribution is -0.140. The van der Waals surface area contributed by atoms with Crippen molar-refractivity contribution in [3.8, 4) is 0 Å². The summed E-state index contributed by atoms with van der Waals surface area (Å²) in [6.45, 7) is 6.64. The van der Waals surface area contributed by atoms with Gasteiger partial charge in [0.05, 0.1) is 18.4 Å². The zero-order chi connectivity index (χ0) is 16.1. The second kappa shape index (κ2) is 5.11. The van der Waals surface area contributed by atoms with E-state index in [2.05, 4.69) is 22.5 Å². The molecular weight excluding hydrogens is 280 g/mol. The Bertz CT molecular complexity index is 531. The summed E-state index contributed by atoms with van der Waals surface area (Å²) in [5.74, 6) is 0.551. The number of guanidine groups is 1. The third-order valence-electron chi connectivity index (χ3n) is 4.67. The zero-order valence-electron chi connectivity index (χ0n) is 13.4. The number of hydrogen-bond donors (Lipinski definition) is 2. The summed E-state index contributed by atoms with van der Waals surface area (Å²) in [6.07, 6.45) is 5.16. The van der Waals surface area contributed by atoms with Crippen LogP contribution in [0.4, 0.5) is 0 Å². The number of nitrogens with one attached hydrogen (secondary N) is 1. The van der Waals surface area contributed by atoms with E-state index >= 15 is 0 Å². The topological polar surface area (TPSA) is 87.8 Å². The van der Waals surface area contributed by atoms with Gasteiger partial charge in [-0.3, -0.25) is 19.5 Å². The van der Waals surface area contributed by atoms with Crippen LogP contribution in [0.2, 0.25) is 0 Å². The fraction of sp³-hybridized carbons (Fsp3) is 0.688. The fourth-order valence-corrected chi connectivity index (χ4v) is 3.88. The van der Waals surface area contributed by atoms with Crippen LogP contribution in [0.1, 0.15) is 27.2 Å². The van der Waals surface area contributed by atoms with Crippen LogP contribution < -0.4 is 11.1 Å². The van der Waals surface area contributed by atoms with Gasteiger partial charge in [0.1, 0.15) is 0 Å². The molecule has 22 heavy (non-hydrogen) atoms. The lowest BCUT2D eigenvalue weighted by Gasteiger charge is -2.21. The lowest BCUT2D eigenvalue weighted by atomic mass is 9.85. The first-order valence-electron chi connectivity index (χ1n) is 7.89. The molecule has 3 N–H and O–H groups in total. The molecule has 0 aromatic rings. The molecule has 0 aromatic heterocycles. The second-order valence-corrected chi connectivity index (χ2v) is 7.47. The Labute approximate surface area is 130 Å². The number of hydrogen-bond acceptors (Lipinski definition) is 3. The minimum absolute atomic E-state index is 0.0237. The molecule has 2 fully saturated rings. The van der Waals surface area contributed by atoms with E-state index in [1.807, 2.05) is 20.8 Å². The number of nitrogens with two attached hydrogens (primary N) is 1. The van der Waals surface area contributed by atoms with Crippen LogP contribution in [0.15, 0.2) is 17.1 Å².